The number of aromatic hydroxyl groups is 1. The van der Waals surface area contributed by atoms with Crippen molar-refractivity contribution < 1.29 is 19.6 Å². The molecule has 0 bridgehead atoms. The normalized spacial score (nSPS) is 10.5. The van der Waals surface area contributed by atoms with Crippen LogP contribution in [-0.2, 0) is 0 Å². The molecule has 0 saturated carbocycles. The number of rotatable bonds is 5. The molecule has 0 heterocycles. The van der Waals surface area contributed by atoms with Crippen molar-refractivity contribution in [3.8, 4) is 11.5 Å². The summed E-state index contributed by atoms with van der Waals surface area (Å²) >= 11 is 0. The standard InChI is InChI=1S/C15H13N3O5/c1-23-14-5-3-2-4-10(14)9-16-17-15(20)12-8-11(18(21)22)6-7-13(12)19/h2-9,19H,1H3,(H,17,20)/b16-9-. The zero-order chi connectivity index (χ0) is 16.8. The van der Waals surface area contributed by atoms with Gasteiger partial charge in [-0.25, -0.2) is 5.43 Å². The van der Waals surface area contributed by atoms with Crippen molar-refractivity contribution >= 4 is 17.8 Å². The highest BCUT2D eigenvalue weighted by Crippen LogP contribution is 2.22. The number of para-hydroxylation sites is 1. The minimum absolute atomic E-state index is 0.239. The number of amides is 1. The molecular weight excluding hydrogens is 302 g/mol. The Bertz CT molecular complexity index is 773. The van der Waals surface area contributed by atoms with Gasteiger partial charge in [-0.2, -0.15) is 5.10 Å². The Labute approximate surface area is 131 Å². The molecule has 2 N–H and O–H groups in total. The van der Waals surface area contributed by atoms with Gasteiger partial charge in [0.25, 0.3) is 11.6 Å². The van der Waals surface area contributed by atoms with Gasteiger partial charge in [0.1, 0.15) is 11.5 Å². The van der Waals surface area contributed by atoms with E-state index in [0.717, 1.165) is 18.2 Å². The van der Waals surface area contributed by atoms with Gasteiger partial charge in [0.2, 0.25) is 0 Å². The second kappa shape index (κ2) is 7.03. The first-order valence-electron chi connectivity index (χ1n) is 6.46. The number of nitro benzene ring substituents is 1. The SMILES string of the molecule is COc1ccccc1/C=N\NC(=O)c1cc([N+](=O)[O-])ccc1O. The van der Waals surface area contributed by atoms with E-state index in [-0.39, 0.29) is 17.0 Å². The number of nitro groups is 1. The van der Waals surface area contributed by atoms with E-state index in [1.54, 1.807) is 24.3 Å². The summed E-state index contributed by atoms with van der Waals surface area (Å²) in [6, 6.07) is 10.2. The van der Waals surface area contributed by atoms with E-state index in [9.17, 15) is 20.0 Å². The number of benzene rings is 2. The zero-order valence-electron chi connectivity index (χ0n) is 12.1. The molecule has 23 heavy (non-hydrogen) atoms. The van der Waals surface area contributed by atoms with Crippen LogP contribution in [0.2, 0.25) is 0 Å². The van der Waals surface area contributed by atoms with Crippen LogP contribution in [0.15, 0.2) is 47.6 Å². The lowest BCUT2D eigenvalue weighted by Crippen LogP contribution is -2.18. The van der Waals surface area contributed by atoms with Crippen molar-refractivity contribution in [1.29, 1.82) is 0 Å². The Morgan fingerprint density at radius 3 is 2.78 bits per heavy atom. The average Bonchev–Trinajstić information content (AvgIpc) is 2.55. The molecule has 8 heteroatoms. The van der Waals surface area contributed by atoms with Crippen molar-refractivity contribution in [2.24, 2.45) is 5.10 Å². The first-order valence-corrected chi connectivity index (χ1v) is 6.46. The molecule has 2 rings (SSSR count). The highest BCUT2D eigenvalue weighted by atomic mass is 16.6. The predicted octanol–water partition coefficient (Wildman–Crippen LogP) is 2.07. The zero-order valence-corrected chi connectivity index (χ0v) is 12.1. The number of hydrogen-bond acceptors (Lipinski definition) is 6. The number of ether oxygens (including phenoxy) is 1. The maximum atomic E-state index is 11.9. The van der Waals surface area contributed by atoms with Crippen LogP contribution >= 0.6 is 0 Å². The second-order valence-electron chi connectivity index (χ2n) is 4.40. The minimum Gasteiger partial charge on any atom is -0.507 e. The van der Waals surface area contributed by atoms with E-state index in [0.29, 0.717) is 11.3 Å². The molecule has 118 valence electrons. The van der Waals surface area contributed by atoms with Gasteiger partial charge in [-0.15, -0.1) is 0 Å². The molecule has 0 aliphatic heterocycles. The number of hydrazone groups is 1. The van der Waals surface area contributed by atoms with Crippen molar-refractivity contribution in [2.45, 2.75) is 0 Å². The lowest BCUT2D eigenvalue weighted by molar-refractivity contribution is -0.384. The van der Waals surface area contributed by atoms with Gasteiger partial charge in [-0.05, 0) is 18.2 Å². The molecule has 0 radical (unpaired) electrons. The summed E-state index contributed by atoms with van der Waals surface area (Å²) < 4.78 is 5.13. The van der Waals surface area contributed by atoms with Gasteiger partial charge < -0.3 is 9.84 Å². The number of nitrogens with zero attached hydrogens (tertiary/aromatic N) is 2. The lowest BCUT2D eigenvalue weighted by atomic mass is 10.1. The van der Waals surface area contributed by atoms with Gasteiger partial charge in [0, 0.05) is 17.7 Å². The number of non-ortho nitro benzene ring substituents is 1. The molecule has 0 spiro atoms. The summed E-state index contributed by atoms with van der Waals surface area (Å²) in [5.41, 5.74) is 2.29. The monoisotopic (exact) mass is 315 g/mol. The number of hydrogen-bond donors (Lipinski definition) is 2. The smallest absolute Gasteiger partial charge is 0.275 e. The molecule has 8 nitrogen and oxygen atoms in total. The van der Waals surface area contributed by atoms with Crippen LogP contribution in [0.4, 0.5) is 5.69 Å². The van der Waals surface area contributed by atoms with E-state index in [1.165, 1.54) is 13.3 Å². The first kappa shape index (κ1) is 16.0. The van der Waals surface area contributed by atoms with E-state index in [1.807, 2.05) is 0 Å². The topological polar surface area (TPSA) is 114 Å². The second-order valence-corrected chi connectivity index (χ2v) is 4.40. The largest absolute Gasteiger partial charge is 0.507 e. The minimum atomic E-state index is -0.766. The highest BCUT2D eigenvalue weighted by Gasteiger charge is 2.16. The number of phenolic OH excluding ortho intramolecular Hbond substituents is 1. The summed E-state index contributed by atoms with van der Waals surface area (Å²) in [4.78, 5) is 22.0. The van der Waals surface area contributed by atoms with Crippen LogP contribution in [0.3, 0.4) is 0 Å². The van der Waals surface area contributed by atoms with Crippen molar-refractivity contribution in [2.75, 3.05) is 7.11 Å². The Morgan fingerprint density at radius 2 is 2.09 bits per heavy atom. The van der Waals surface area contributed by atoms with E-state index in [4.69, 9.17) is 4.74 Å². The quantitative estimate of drug-likeness (QED) is 0.498. The van der Waals surface area contributed by atoms with Crippen LogP contribution in [0, 0.1) is 10.1 Å². The molecule has 1 amide bonds. The van der Waals surface area contributed by atoms with Crippen molar-refractivity contribution in [3.05, 3.63) is 63.7 Å². The molecule has 0 saturated heterocycles. The Morgan fingerprint density at radius 1 is 1.35 bits per heavy atom. The van der Waals surface area contributed by atoms with Gasteiger partial charge in [0.05, 0.1) is 23.8 Å². The number of carbonyl (C=O) groups is 1. The van der Waals surface area contributed by atoms with E-state index >= 15 is 0 Å². The average molecular weight is 315 g/mol. The Hall–Kier alpha value is -3.42. The van der Waals surface area contributed by atoms with Crippen LogP contribution < -0.4 is 10.2 Å². The summed E-state index contributed by atoms with van der Waals surface area (Å²) in [6.45, 7) is 0. The fourth-order valence-electron chi connectivity index (χ4n) is 1.81. The van der Waals surface area contributed by atoms with Crippen LogP contribution in [-0.4, -0.2) is 29.3 Å². The molecular formula is C15H13N3O5. The summed E-state index contributed by atoms with van der Waals surface area (Å²) in [5, 5.41) is 24.1. The fourth-order valence-corrected chi connectivity index (χ4v) is 1.81. The van der Waals surface area contributed by atoms with Crippen LogP contribution in [0.25, 0.3) is 0 Å². The van der Waals surface area contributed by atoms with Gasteiger partial charge in [0.15, 0.2) is 0 Å². The Kier molecular flexibility index (Phi) is 4.88. The number of carbonyl (C=O) groups excluding carboxylic acids is 1. The first-order chi connectivity index (χ1) is 11.0. The van der Waals surface area contributed by atoms with Crippen molar-refractivity contribution in [1.82, 2.24) is 5.43 Å². The van der Waals surface area contributed by atoms with E-state index in [2.05, 4.69) is 10.5 Å². The highest BCUT2D eigenvalue weighted by molar-refractivity contribution is 5.98. The molecule has 0 fully saturated rings. The third-order valence-corrected chi connectivity index (χ3v) is 2.94. The predicted molar refractivity (Wildman–Crippen MR) is 82.8 cm³/mol. The molecule has 0 aromatic heterocycles. The summed E-state index contributed by atoms with van der Waals surface area (Å²) in [7, 11) is 1.51. The molecule has 0 aliphatic rings. The maximum Gasteiger partial charge on any atom is 0.275 e. The summed E-state index contributed by atoms with van der Waals surface area (Å²) in [6.07, 6.45) is 1.37. The van der Waals surface area contributed by atoms with Crippen LogP contribution in [0.1, 0.15) is 15.9 Å². The molecule has 0 unspecified atom stereocenters. The maximum absolute atomic E-state index is 11.9. The van der Waals surface area contributed by atoms with Gasteiger partial charge in [-0.1, -0.05) is 12.1 Å². The van der Waals surface area contributed by atoms with Crippen LogP contribution in [0.5, 0.6) is 11.5 Å². The Balaban J connectivity index is 2.15. The molecule has 0 atom stereocenters. The molecule has 2 aromatic rings. The lowest BCUT2D eigenvalue weighted by Gasteiger charge is -2.04. The molecule has 2 aromatic carbocycles. The van der Waals surface area contributed by atoms with Crippen molar-refractivity contribution in [3.63, 3.8) is 0 Å². The van der Waals surface area contributed by atoms with Gasteiger partial charge in [-0.3, -0.25) is 14.9 Å². The third-order valence-electron chi connectivity index (χ3n) is 2.94. The number of nitrogens with one attached hydrogen (secondary N) is 1. The van der Waals surface area contributed by atoms with Gasteiger partial charge >= 0.3 is 0 Å². The third kappa shape index (κ3) is 3.82. The fraction of sp³-hybridized carbons (Fsp3) is 0.0667. The number of methoxy groups -OCH3 is 1. The number of phenols is 1. The molecule has 0 aliphatic carbocycles. The van der Waals surface area contributed by atoms with E-state index < -0.39 is 10.8 Å². The summed E-state index contributed by atoms with van der Waals surface area (Å²) in [5.74, 6) is -0.568.